The zero-order valence-electron chi connectivity index (χ0n) is 17.6. The number of anilines is 1. The number of rotatable bonds is 3. The van der Waals surface area contributed by atoms with Gasteiger partial charge in [0.2, 0.25) is 0 Å². The molecule has 0 spiro atoms. The molecular weight excluding hydrogens is 457 g/mol. The number of imide groups is 1. The average molecular weight is 475 g/mol. The topological polar surface area (TPSA) is 151 Å². The van der Waals surface area contributed by atoms with Crippen LogP contribution in [0.4, 0.5) is 5.69 Å². The first kappa shape index (κ1) is 21.8. The van der Waals surface area contributed by atoms with Crippen LogP contribution in [0.3, 0.4) is 0 Å². The van der Waals surface area contributed by atoms with Crippen LogP contribution in [0, 0.1) is 5.41 Å². The molecule has 2 aliphatic heterocycles. The summed E-state index contributed by atoms with van der Waals surface area (Å²) in [5, 5.41) is 8.74. The summed E-state index contributed by atoms with van der Waals surface area (Å²) < 4.78 is 13.4. The Kier molecular flexibility index (Phi) is 4.97. The maximum Gasteiger partial charge on any atom is 0.363 e. The lowest BCUT2D eigenvalue weighted by Crippen LogP contribution is -2.32. The number of nitrogens with zero attached hydrogens (tertiary/aromatic N) is 1. The molecule has 9 nitrogen and oxygen atoms in total. The van der Waals surface area contributed by atoms with Gasteiger partial charge in [0.25, 0.3) is 19.2 Å². The van der Waals surface area contributed by atoms with Gasteiger partial charge in [0.05, 0.1) is 21.9 Å². The second-order valence-electron chi connectivity index (χ2n) is 8.00. The summed E-state index contributed by atoms with van der Waals surface area (Å²) in [6, 6.07) is 11.0. The first-order valence-electron chi connectivity index (χ1n) is 10.3. The van der Waals surface area contributed by atoms with Crippen LogP contribution in [0.1, 0.15) is 34.3 Å². The standard InChI is InChI=1S/C24H18N3O6P/c25-15-5-7-17-19(11-15)34(31,32)20-12-16(26)6-8-18(20)23(17)13-1-3-14(4-2-13)24(30)33-27-21(28)9-10-22(27)29/h1-8,11-12,25H,9-10,26H2,(H,31,32). The van der Waals surface area contributed by atoms with Gasteiger partial charge in [-0.05, 0) is 58.7 Å². The first-order valence-corrected chi connectivity index (χ1v) is 12.0. The van der Waals surface area contributed by atoms with Crippen LogP contribution in [0.5, 0.6) is 0 Å². The third kappa shape index (κ3) is 3.42. The molecule has 10 heteroatoms. The third-order valence-corrected chi connectivity index (χ3v) is 7.85. The largest absolute Gasteiger partial charge is 0.399 e. The number of benzene rings is 2. The predicted molar refractivity (Wildman–Crippen MR) is 124 cm³/mol. The summed E-state index contributed by atoms with van der Waals surface area (Å²) in [5.74, 6) is -1.99. The fourth-order valence-electron chi connectivity index (χ4n) is 4.16. The van der Waals surface area contributed by atoms with E-state index in [0.29, 0.717) is 33.0 Å². The van der Waals surface area contributed by atoms with Gasteiger partial charge < -0.3 is 20.9 Å². The molecule has 1 aliphatic carbocycles. The Bertz CT molecular complexity index is 1440. The van der Waals surface area contributed by atoms with Crippen LogP contribution < -0.4 is 11.0 Å². The normalized spacial score (nSPS) is 21.4. The maximum absolute atomic E-state index is 13.4. The molecule has 2 aromatic rings. The minimum Gasteiger partial charge on any atom is -0.399 e. The van der Waals surface area contributed by atoms with E-state index in [2.05, 4.69) is 0 Å². The Morgan fingerprint density at radius 3 is 2.41 bits per heavy atom. The molecule has 5 rings (SSSR count). The van der Waals surface area contributed by atoms with Crippen molar-refractivity contribution in [3.63, 3.8) is 0 Å². The first-order chi connectivity index (χ1) is 16.2. The van der Waals surface area contributed by atoms with Gasteiger partial charge in [0.1, 0.15) is 0 Å². The second-order valence-corrected chi connectivity index (χ2v) is 10.1. The quantitative estimate of drug-likeness (QED) is 0.351. The van der Waals surface area contributed by atoms with Gasteiger partial charge >= 0.3 is 5.97 Å². The highest BCUT2D eigenvalue weighted by Crippen LogP contribution is 2.59. The molecule has 170 valence electrons. The van der Waals surface area contributed by atoms with Gasteiger partial charge in [0.15, 0.2) is 0 Å². The van der Waals surface area contributed by atoms with Crippen molar-refractivity contribution < 1.29 is 28.7 Å². The number of fused-ring (bicyclic) bond motifs is 2. The molecular formula is C24H18N3O6P. The van der Waals surface area contributed by atoms with Crippen molar-refractivity contribution in [3.8, 4) is 0 Å². The third-order valence-electron chi connectivity index (χ3n) is 5.80. The number of nitrogen functional groups attached to an aromatic ring is 1. The summed E-state index contributed by atoms with van der Waals surface area (Å²) in [6.45, 7) is 0. The Balaban J connectivity index is 1.57. The number of hydrogen-bond acceptors (Lipinski definition) is 7. The Hall–Kier alpha value is -4.07. The lowest BCUT2D eigenvalue weighted by molar-refractivity contribution is -0.172. The summed E-state index contributed by atoms with van der Waals surface area (Å²) in [4.78, 5) is 51.8. The van der Waals surface area contributed by atoms with Gasteiger partial charge in [-0.25, -0.2) is 4.79 Å². The number of amides is 2. The fraction of sp³-hybridized carbons (Fsp3) is 0.0833. The van der Waals surface area contributed by atoms with Crippen LogP contribution in [0.2, 0.25) is 0 Å². The Morgan fingerprint density at radius 2 is 1.74 bits per heavy atom. The zero-order chi connectivity index (χ0) is 24.2. The number of hydroxylamine groups is 2. The molecule has 34 heavy (non-hydrogen) atoms. The van der Waals surface area contributed by atoms with Crippen molar-refractivity contribution in [2.75, 3.05) is 5.73 Å². The van der Waals surface area contributed by atoms with E-state index in [9.17, 15) is 23.8 Å². The summed E-state index contributed by atoms with van der Waals surface area (Å²) in [7, 11) is -4.00. The molecule has 0 radical (unpaired) electrons. The minimum atomic E-state index is -4.00. The number of carbonyl (C=O) groups excluding carboxylic acids is 3. The van der Waals surface area contributed by atoms with Crippen LogP contribution in [0.25, 0.3) is 5.57 Å². The van der Waals surface area contributed by atoms with Gasteiger partial charge in [-0.1, -0.05) is 24.3 Å². The molecule has 2 heterocycles. The van der Waals surface area contributed by atoms with Crippen molar-refractivity contribution in [2.45, 2.75) is 12.8 Å². The van der Waals surface area contributed by atoms with Crippen molar-refractivity contribution in [1.29, 1.82) is 5.41 Å². The van der Waals surface area contributed by atoms with Gasteiger partial charge in [-0.3, -0.25) is 14.2 Å². The van der Waals surface area contributed by atoms with Crippen LogP contribution >= 0.6 is 7.37 Å². The summed E-state index contributed by atoms with van der Waals surface area (Å²) in [6.07, 6.45) is 4.54. The van der Waals surface area contributed by atoms with E-state index in [1.54, 1.807) is 30.3 Å². The molecule has 1 unspecified atom stereocenters. The average Bonchev–Trinajstić information content (AvgIpc) is 3.12. The molecule has 3 aliphatic rings. The molecule has 0 saturated carbocycles. The maximum atomic E-state index is 13.4. The Labute approximate surface area is 193 Å². The predicted octanol–water partition coefficient (Wildman–Crippen LogP) is 2.67. The van der Waals surface area contributed by atoms with Gasteiger partial charge in [-0.2, -0.15) is 0 Å². The highest BCUT2D eigenvalue weighted by Gasteiger charge is 2.39. The van der Waals surface area contributed by atoms with Gasteiger partial charge in [-0.15, -0.1) is 5.06 Å². The molecule has 1 fully saturated rings. The van der Waals surface area contributed by atoms with E-state index in [0.717, 1.165) is 0 Å². The smallest absolute Gasteiger partial charge is 0.363 e. The van der Waals surface area contributed by atoms with E-state index < -0.39 is 25.2 Å². The van der Waals surface area contributed by atoms with Crippen molar-refractivity contribution >= 4 is 47.4 Å². The van der Waals surface area contributed by atoms with E-state index in [1.165, 1.54) is 30.4 Å². The summed E-state index contributed by atoms with van der Waals surface area (Å²) >= 11 is 0. The van der Waals surface area contributed by atoms with Crippen LogP contribution in [0.15, 0.2) is 71.6 Å². The number of allylic oxidation sites excluding steroid dienone is 5. The zero-order valence-corrected chi connectivity index (χ0v) is 18.5. The van der Waals surface area contributed by atoms with Crippen LogP contribution in [-0.4, -0.2) is 33.5 Å². The monoisotopic (exact) mass is 475 g/mol. The molecule has 0 aromatic heterocycles. The highest BCUT2D eigenvalue weighted by molar-refractivity contribution is 7.71. The number of nitrogens with one attached hydrogen (secondary N) is 1. The second kappa shape index (κ2) is 7.76. The summed E-state index contributed by atoms with van der Waals surface area (Å²) in [5.41, 5.74) is 8.78. The van der Waals surface area contributed by atoms with Gasteiger partial charge in [0, 0.05) is 18.5 Å². The van der Waals surface area contributed by atoms with Crippen LogP contribution in [-0.2, 0) is 19.0 Å². The Morgan fingerprint density at radius 1 is 1.06 bits per heavy atom. The van der Waals surface area contributed by atoms with Crippen molar-refractivity contribution in [1.82, 2.24) is 5.06 Å². The SMILES string of the molecule is N=C1C=CC2=C(c3ccc(C(=O)ON4C(=O)CCC4=O)cc3)c3ccc(N)cc3P(=O)(O)C2=C1. The highest BCUT2D eigenvalue weighted by atomic mass is 31.2. The van der Waals surface area contributed by atoms with E-state index in [1.807, 2.05) is 0 Å². The van der Waals surface area contributed by atoms with Crippen molar-refractivity contribution in [2.24, 2.45) is 0 Å². The number of hydrogen-bond donors (Lipinski definition) is 3. The lowest BCUT2D eigenvalue weighted by atomic mass is 9.89. The fourth-order valence-corrected chi connectivity index (χ4v) is 6.08. The molecule has 4 N–H and O–H groups in total. The lowest BCUT2D eigenvalue weighted by Gasteiger charge is -2.30. The molecule has 1 saturated heterocycles. The molecule has 0 bridgehead atoms. The van der Waals surface area contributed by atoms with E-state index in [4.69, 9.17) is 16.0 Å². The van der Waals surface area contributed by atoms with Crippen molar-refractivity contribution in [3.05, 3.63) is 88.3 Å². The number of carbonyl (C=O) groups is 3. The molecule has 1 atom stereocenters. The minimum absolute atomic E-state index is 0.00144. The molecule has 2 aromatic carbocycles. The number of nitrogens with two attached hydrogens (primary N) is 1. The van der Waals surface area contributed by atoms with E-state index >= 15 is 0 Å². The molecule has 2 amide bonds. The van der Waals surface area contributed by atoms with E-state index in [-0.39, 0.29) is 34.7 Å².